The smallest absolute Gasteiger partial charge is 0.121 e. The van der Waals surface area contributed by atoms with Crippen LogP contribution in [0.2, 0.25) is 0 Å². The Labute approximate surface area is 144 Å². The number of ether oxygens (including phenoxy) is 1. The molecule has 0 bridgehead atoms. The highest BCUT2D eigenvalue weighted by Crippen LogP contribution is 2.25. The topological polar surface area (TPSA) is 88.9 Å². The summed E-state index contributed by atoms with van der Waals surface area (Å²) in [5, 5.41) is 20.8. The van der Waals surface area contributed by atoms with Gasteiger partial charge in [-0.3, -0.25) is 0 Å². The third-order valence-electron chi connectivity index (χ3n) is 4.22. The monoisotopic (exact) mass is 335 g/mol. The van der Waals surface area contributed by atoms with E-state index in [4.69, 9.17) is 14.4 Å². The van der Waals surface area contributed by atoms with Crippen LogP contribution in [-0.2, 0) is 24.4 Å². The van der Waals surface area contributed by atoms with Crippen LogP contribution in [0.5, 0.6) is 0 Å². The van der Waals surface area contributed by atoms with Crippen molar-refractivity contribution >= 4 is 0 Å². The molecule has 1 aliphatic rings. The average Bonchev–Trinajstić information content (AvgIpc) is 3.31. The Bertz CT molecular complexity index is 895. The second-order valence-corrected chi connectivity index (χ2v) is 5.95. The molecule has 1 aromatic carbocycles. The van der Waals surface area contributed by atoms with Crippen LogP contribution in [0.15, 0.2) is 47.3 Å². The maximum Gasteiger partial charge on any atom is 0.121 e. The van der Waals surface area contributed by atoms with E-state index in [0.717, 1.165) is 22.5 Å². The molecular formula is C18H17N5O2. The van der Waals surface area contributed by atoms with Crippen molar-refractivity contribution in [2.24, 2.45) is 0 Å². The number of hydrogen-bond donors (Lipinski definition) is 1. The number of nitrogens with zero attached hydrogens (tertiary/aromatic N) is 4. The third-order valence-corrected chi connectivity index (χ3v) is 4.22. The van der Waals surface area contributed by atoms with Crippen LogP contribution in [0.4, 0.5) is 0 Å². The van der Waals surface area contributed by atoms with Gasteiger partial charge in [-0.2, -0.15) is 5.26 Å². The van der Waals surface area contributed by atoms with E-state index < -0.39 is 0 Å². The highest BCUT2D eigenvalue weighted by atomic mass is 16.5. The van der Waals surface area contributed by atoms with E-state index in [2.05, 4.69) is 21.7 Å². The van der Waals surface area contributed by atoms with Crippen LogP contribution in [-0.4, -0.2) is 27.6 Å². The van der Waals surface area contributed by atoms with Gasteiger partial charge < -0.3 is 14.5 Å². The lowest BCUT2D eigenvalue weighted by Gasteiger charge is -2.24. The molecule has 3 aromatic rings. The lowest BCUT2D eigenvalue weighted by molar-refractivity contribution is 0.00125. The number of aromatic nitrogens is 3. The fourth-order valence-corrected chi connectivity index (χ4v) is 2.94. The van der Waals surface area contributed by atoms with Crippen molar-refractivity contribution in [3.63, 3.8) is 0 Å². The molecule has 1 atom stereocenters. The van der Waals surface area contributed by atoms with Crippen LogP contribution in [0.1, 0.15) is 16.8 Å². The predicted octanol–water partition coefficient (Wildman–Crippen LogP) is 2.10. The van der Waals surface area contributed by atoms with Crippen molar-refractivity contribution in [1.29, 1.82) is 5.26 Å². The van der Waals surface area contributed by atoms with Gasteiger partial charge in [0.25, 0.3) is 0 Å². The van der Waals surface area contributed by atoms with Crippen LogP contribution < -0.4 is 5.32 Å². The lowest BCUT2D eigenvalue weighted by Crippen LogP contribution is -2.36. The van der Waals surface area contributed by atoms with Gasteiger partial charge in [0.1, 0.15) is 5.69 Å². The van der Waals surface area contributed by atoms with Crippen LogP contribution >= 0.6 is 0 Å². The lowest BCUT2D eigenvalue weighted by atomic mass is 10.1. The summed E-state index contributed by atoms with van der Waals surface area (Å²) in [7, 11) is 0. The normalized spacial score (nSPS) is 16.4. The zero-order chi connectivity index (χ0) is 17.1. The van der Waals surface area contributed by atoms with E-state index in [1.54, 1.807) is 18.6 Å². The number of hydrogen-bond acceptors (Lipinski definition) is 6. The molecule has 7 heteroatoms. The summed E-state index contributed by atoms with van der Waals surface area (Å²) in [5.74, 6) is 0. The zero-order valence-corrected chi connectivity index (χ0v) is 13.6. The van der Waals surface area contributed by atoms with Crippen LogP contribution in [0, 0.1) is 11.3 Å². The molecule has 2 aromatic heterocycles. The second-order valence-electron chi connectivity index (χ2n) is 5.95. The zero-order valence-electron chi connectivity index (χ0n) is 13.6. The summed E-state index contributed by atoms with van der Waals surface area (Å²) in [6.45, 7) is 2.53. The Morgan fingerprint density at radius 1 is 1.36 bits per heavy atom. The van der Waals surface area contributed by atoms with Gasteiger partial charge in [-0.05, 0) is 23.8 Å². The molecule has 0 saturated heterocycles. The van der Waals surface area contributed by atoms with Crippen molar-refractivity contribution in [3.05, 3.63) is 59.7 Å². The summed E-state index contributed by atoms with van der Waals surface area (Å²) in [6, 6.07) is 11.6. The Hall–Kier alpha value is -2.95. The first-order valence-corrected chi connectivity index (χ1v) is 8.10. The van der Waals surface area contributed by atoms with Gasteiger partial charge in [0, 0.05) is 18.7 Å². The molecule has 126 valence electrons. The van der Waals surface area contributed by atoms with E-state index >= 15 is 0 Å². The Morgan fingerprint density at radius 2 is 2.32 bits per heavy atom. The highest BCUT2D eigenvalue weighted by molar-refractivity contribution is 5.59. The number of nitrogens with one attached hydrogen (secondary N) is 1. The van der Waals surface area contributed by atoms with Gasteiger partial charge in [0.05, 0.1) is 49.1 Å². The van der Waals surface area contributed by atoms with Crippen molar-refractivity contribution in [3.8, 4) is 17.3 Å². The Balaban J connectivity index is 1.35. The first-order valence-electron chi connectivity index (χ1n) is 8.10. The van der Waals surface area contributed by atoms with E-state index in [-0.39, 0.29) is 6.10 Å². The SMILES string of the molecule is N#Cc1cccc(CNCC2Cn3nnc(-c4ccoc4)c3CO2)c1. The second kappa shape index (κ2) is 6.89. The minimum atomic E-state index is 0.0329. The first-order chi connectivity index (χ1) is 12.3. The summed E-state index contributed by atoms with van der Waals surface area (Å²) >= 11 is 0. The summed E-state index contributed by atoms with van der Waals surface area (Å²) in [4.78, 5) is 0. The van der Waals surface area contributed by atoms with Crippen molar-refractivity contribution in [1.82, 2.24) is 20.3 Å². The van der Waals surface area contributed by atoms with E-state index in [1.165, 1.54) is 0 Å². The van der Waals surface area contributed by atoms with E-state index in [0.29, 0.717) is 31.8 Å². The summed E-state index contributed by atoms with van der Waals surface area (Å²) < 4.78 is 12.9. The molecule has 0 aliphatic carbocycles. The Kier molecular flexibility index (Phi) is 4.29. The summed E-state index contributed by atoms with van der Waals surface area (Å²) in [6.07, 6.45) is 3.32. The Morgan fingerprint density at radius 3 is 3.16 bits per heavy atom. The molecule has 0 amide bonds. The minimum Gasteiger partial charge on any atom is -0.472 e. The fourth-order valence-electron chi connectivity index (χ4n) is 2.94. The predicted molar refractivity (Wildman–Crippen MR) is 89.2 cm³/mol. The van der Waals surface area contributed by atoms with E-state index in [1.807, 2.05) is 28.9 Å². The van der Waals surface area contributed by atoms with E-state index in [9.17, 15) is 0 Å². The van der Waals surface area contributed by atoms with Crippen LogP contribution in [0.25, 0.3) is 11.3 Å². The molecule has 0 spiro atoms. The maximum atomic E-state index is 8.94. The standard InChI is InChI=1S/C18H17N5O2/c19-7-13-2-1-3-14(6-13)8-20-9-16-10-23-17(12-25-16)18(21-22-23)15-4-5-24-11-15/h1-6,11,16,20H,8-10,12H2. The third kappa shape index (κ3) is 3.31. The van der Waals surface area contributed by atoms with Gasteiger partial charge in [-0.1, -0.05) is 17.3 Å². The van der Waals surface area contributed by atoms with Gasteiger partial charge in [0.2, 0.25) is 0 Å². The highest BCUT2D eigenvalue weighted by Gasteiger charge is 2.24. The van der Waals surface area contributed by atoms with Gasteiger partial charge >= 0.3 is 0 Å². The van der Waals surface area contributed by atoms with Crippen molar-refractivity contribution in [2.45, 2.75) is 25.8 Å². The summed E-state index contributed by atoms with van der Waals surface area (Å²) in [5.41, 5.74) is 4.46. The molecule has 0 fully saturated rings. The maximum absolute atomic E-state index is 8.94. The molecule has 0 saturated carbocycles. The number of furan rings is 1. The molecule has 25 heavy (non-hydrogen) atoms. The number of rotatable bonds is 5. The van der Waals surface area contributed by atoms with Gasteiger partial charge in [-0.25, -0.2) is 4.68 Å². The molecule has 1 aliphatic heterocycles. The fraction of sp³-hybridized carbons (Fsp3) is 0.278. The van der Waals surface area contributed by atoms with Crippen LogP contribution in [0.3, 0.4) is 0 Å². The van der Waals surface area contributed by atoms with Crippen molar-refractivity contribution < 1.29 is 9.15 Å². The van der Waals surface area contributed by atoms with Gasteiger partial charge in [-0.15, -0.1) is 5.10 Å². The molecule has 1 N–H and O–H groups in total. The largest absolute Gasteiger partial charge is 0.472 e. The molecule has 1 unspecified atom stereocenters. The average molecular weight is 335 g/mol. The van der Waals surface area contributed by atoms with Crippen molar-refractivity contribution in [2.75, 3.05) is 6.54 Å². The molecule has 0 radical (unpaired) electrons. The first kappa shape index (κ1) is 15.6. The molecule has 7 nitrogen and oxygen atoms in total. The van der Waals surface area contributed by atoms with Gasteiger partial charge in [0.15, 0.2) is 0 Å². The number of fused-ring (bicyclic) bond motifs is 1. The molecule has 4 rings (SSSR count). The quantitative estimate of drug-likeness (QED) is 0.768. The minimum absolute atomic E-state index is 0.0329. The molecule has 3 heterocycles. The number of nitriles is 1. The number of benzene rings is 1. The molecular weight excluding hydrogens is 318 g/mol.